The summed E-state index contributed by atoms with van der Waals surface area (Å²) in [5.41, 5.74) is -0.159. The largest absolute Gasteiger partial charge is 0.481 e. The van der Waals surface area contributed by atoms with Crippen LogP contribution in [0.25, 0.3) is 0 Å². The number of aliphatic hydroxyl groups is 1. The first-order valence-electron chi connectivity index (χ1n) is 10.0. The molecule has 1 heterocycles. The molecule has 5 nitrogen and oxygen atoms in total. The van der Waals surface area contributed by atoms with Crippen LogP contribution in [0, 0.1) is 11.3 Å². The molecule has 2 N–H and O–H groups in total. The van der Waals surface area contributed by atoms with Gasteiger partial charge < -0.3 is 15.1 Å². The lowest BCUT2D eigenvalue weighted by molar-refractivity contribution is -0.153. The summed E-state index contributed by atoms with van der Waals surface area (Å²) in [5, 5.41) is 21.0. The first-order chi connectivity index (χ1) is 12.8. The number of carbonyl (C=O) groups is 2. The zero-order valence-electron chi connectivity index (χ0n) is 18.0. The van der Waals surface area contributed by atoms with E-state index in [4.69, 9.17) is 0 Å². The third-order valence-corrected chi connectivity index (χ3v) is 12.4. The van der Waals surface area contributed by atoms with Gasteiger partial charge in [-0.1, -0.05) is 64.2 Å². The Balaban J connectivity index is 2.21. The average molecular weight is 406 g/mol. The number of carboxylic acid groups (broad SMARTS) is 1. The highest BCUT2D eigenvalue weighted by atomic mass is 28.3. The summed E-state index contributed by atoms with van der Waals surface area (Å²) in [6, 6.07) is 10.4. The van der Waals surface area contributed by atoms with Crippen molar-refractivity contribution in [2.24, 2.45) is 11.3 Å². The van der Waals surface area contributed by atoms with Crippen molar-refractivity contribution >= 4 is 20.0 Å². The van der Waals surface area contributed by atoms with Crippen molar-refractivity contribution in [1.29, 1.82) is 0 Å². The molecule has 1 aliphatic rings. The van der Waals surface area contributed by atoms with Gasteiger partial charge in [-0.05, 0) is 30.0 Å². The van der Waals surface area contributed by atoms with Crippen LogP contribution in [-0.2, 0) is 16.0 Å². The second-order valence-corrected chi connectivity index (χ2v) is 15.8. The lowest BCUT2D eigenvalue weighted by atomic mass is 9.77. The second-order valence-electron chi connectivity index (χ2n) is 10.1. The zero-order valence-corrected chi connectivity index (χ0v) is 19.0. The summed E-state index contributed by atoms with van der Waals surface area (Å²) in [7, 11) is -1.87. The van der Waals surface area contributed by atoms with Crippen LogP contribution in [0.3, 0.4) is 0 Å². The first-order valence-corrected chi connectivity index (χ1v) is 13.2. The third-order valence-electron chi connectivity index (χ3n) is 6.92. The summed E-state index contributed by atoms with van der Waals surface area (Å²) >= 11 is 0. The van der Waals surface area contributed by atoms with Gasteiger partial charge in [0.1, 0.15) is 0 Å². The molecule has 1 aliphatic heterocycles. The number of benzene rings is 1. The highest BCUT2D eigenvalue weighted by molar-refractivity contribution is 6.80. The van der Waals surface area contributed by atoms with E-state index in [0.717, 1.165) is 5.56 Å². The van der Waals surface area contributed by atoms with Gasteiger partial charge in [-0.25, -0.2) is 0 Å². The minimum atomic E-state index is -1.87. The summed E-state index contributed by atoms with van der Waals surface area (Å²) < 4.78 is 0. The number of hydrogen-bond donors (Lipinski definition) is 2. The quantitative estimate of drug-likeness (QED) is 0.679. The Hall–Kier alpha value is -1.66. The lowest BCUT2D eigenvalue weighted by Gasteiger charge is -2.40. The van der Waals surface area contributed by atoms with E-state index >= 15 is 0 Å². The Morgan fingerprint density at radius 2 is 1.86 bits per heavy atom. The van der Waals surface area contributed by atoms with Crippen molar-refractivity contribution in [1.82, 2.24) is 4.90 Å². The van der Waals surface area contributed by atoms with Gasteiger partial charge in [-0.3, -0.25) is 9.59 Å². The first kappa shape index (κ1) is 22.6. The number of aliphatic hydroxyl groups excluding tert-OH is 1. The van der Waals surface area contributed by atoms with Crippen LogP contribution in [0.5, 0.6) is 0 Å². The van der Waals surface area contributed by atoms with E-state index < -0.39 is 31.5 Å². The van der Waals surface area contributed by atoms with Gasteiger partial charge in [0.25, 0.3) is 0 Å². The molecule has 28 heavy (non-hydrogen) atoms. The fourth-order valence-corrected chi connectivity index (χ4v) is 5.77. The van der Waals surface area contributed by atoms with Crippen molar-refractivity contribution in [3.05, 3.63) is 35.9 Å². The number of amides is 1. The molecule has 1 fully saturated rings. The van der Waals surface area contributed by atoms with Crippen LogP contribution in [0.15, 0.2) is 30.3 Å². The van der Waals surface area contributed by atoms with Crippen LogP contribution in [0.4, 0.5) is 0 Å². The van der Waals surface area contributed by atoms with E-state index in [9.17, 15) is 19.8 Å². The Bertz CT molecular complexity index is 713. The van der Waals surface area contributed by atoms with Crippen molar-refractivity contribution in [3.63, 3.8) is 0 Å². The topological polar surface area (TPSA) is 77.8 Å². The molecular formula is C22H35NO4Si. The van der Waals surface area contributed by atoms with Gasteiger partial charge in [-0.15, -0.1) is 0 Å². The molecule has 1 amide bonds. The summed E-state index contributed by atoms with van der Waals surface area (Å²) in [6.07, 6.45) is -0.260. The molecule has 1 unspecified atom stereocenters. The third kappa shape index (κ3) is 4.49. The lowest BCUT2D eigenvalue weighted by Crippen LogP contribution is -2.48. The number of aliphatic carboxylic acids is 1. The molecule has 0 bridgehead atoms. The van der Waals surface area contributed by atoms with E-state index in [1.165, 1.54) is 0 Å². The molecule has 0 aromatic heterocycles. The van der Waals surface area contributed by atoms with Crippen LogP contribution >= 0.6 is 0 Å². The Morgan fingerprint density at radius 1 is 1.29 bits per heavy atom. The average Bonchev–Trinajstić information content (AvgIpc) is 2.84. The van der Waals surface area contributed by atoms with Crippen molar-refractivity contribution < 1.29 is 19.8 Å². The Kier molecular flexibility index (Phi) is 6.46. The molecule has 6 heteroatoms. The number of carbonyl (C=O) groups excluding carboxylic acids is 1. The summed E-state index contributed by atoms with van der Waals surface area (Å²) in [6.45, 7) is 13.1. The number of rotatable bonds is 7. The molecule has 0 spiro atoms. The zero-order chi connectivity index (χ0) is 21.3. The van der Waals surface area contributed by atoms with Gasteiger partial charge in [0.05, 0.1) is 25.5 Å². The SMILES string of the molecule is CC(C)(C)[Si](C)(C)C[C@H](O)C1C(=O)N(CCc2ccccc2)C[C@@]1(C)C(=O)O. The van der Waals surface area contributed by atoms with Crippen LogP contribution in [-0.4, -0.2) is 54.3 Å². The highest BCUT2D eigenvalue weighted by Gasteiger charge is 2.57. The van der Waals surface area contributed by atoms with Gasteiger partial charge in [-0.2, -0.15) is 0 Å². The van der Waals surface area contributed by atoms with E-state index in [2.05, 4.69) is 33.9 Å². The molecule has 0 aliphatic carbocycles. The minimum Gasteiger partial charge on any atom is -0.481 e. The molecule has 1 saturated heterocycles. The number of nitrogens with zero attached hydrogens (tertiary/aromatic N) is 1. The maximum atomic E-state index is 13.1. The molecule has 1 aromatic rings. The molecular weight excluding hydrogens is 370 g/mol. The van der Waals surface area contributed by atoms with Gasteiger partial charge in [0, 0.05) is 13.1 Å². The van der Waals surface area contributed by atoms with Crippen LogP contribution in [0.1, 0.15) is 33.3 Å². The Morgan fingerprint density at radius 3 is 2.36 bits per heavy atom. The summed E-state index contributed by atoms with van der Waals surface area (Å²) in [5.74, 6) is -2.13. The van der Waals surface area contributed by atoms with Crippen LogP contribution < -0.4 is 0 Å². The smallest absolute Gasteiger partial charge is 0.312 e. The molecule has 2 rings (SSSR count). The van der Waals surface area contributed by atoms with Gasteiger partial charge in [0.2, 0.25) is 5.91 Å². The maximum absolute atomic E-state index is 13.1. The Labute approximate surface area is 169 Å². The maximum Gasteiger partial charge on any atom is 0.312 e. The standard InChI is InChI=1S/C22H35NO4Si/c1-21(2,3)28(5,6)14-17(24)18-19(25)23(15-22(18,4)20(26)27)13-12-16-10-8-7-9-11-16/h7-11,17-18,24H,12-15H2,1-6H3,(H,26,27)/t17-,18?,22+/m0/s1. The molecule has 0 saturated carbocycles. The number of likely N-dealkylation sites (tertiary alicyclic amines) is 1. The number of hydrogen-bond acceptors (Lipinski definition) is 3. The van der Waals surface area contributed by atoms with E-state index in [1.807, 2.05) is 30.3 Å². The van der Waals surface area contributed by atoms with E-state index in [-0.39, 0.29) is 17.5 Å². The monoisotopic (exact) mass is 405 g/mol. The van der Waals surface area contributed by atoms with E-state index in [1.54, 1.807) is 11.8 Å². The molecule has 156 valence electrons. The van der Waals surface area contributed by atoms with Gasteiger partial charge in [0.15, 0.2) is 0 Å². The van der Waals surface area contributed by atoms with E-state index in [0.29, 0.717) is 19.0 Å². The molecule has 0 radical (unpaired) electrons. The number of carboxylic acids is 1. The predicted molar refractivity (Wildman–Crippen MR) is 114 cm³/mol. The van der Waals surface area contributed by atoms with Gasteiger partial charge >= 0.3 is 5.97 Å². The highest BCUT2D eigenvalue weighted by Crippen LogP contribution is 2.45. The second kappa shape index (κ2) is 7.99. The predicted octanol–water partition coefficient (Wildman–Crippen LogP) is 3.65. The van der Waals surface area contributed by atoms with Crippen LogP contribution in [0.2, 0.25) is 24.2 Å². The van der Waals surface area contributed by atoms with Crippen molar-refractivity contribution in [3.8, 4) is 0 Å². The fourth-order valence-electron chi connectivity index (χ4n) is 3.88. The summed E-state index contributed by atoms with van der Waals surface area (Å²) in [4.78, 5) is 26.9. The molecule has 1 aromatic carbocycles. The normalized spacial score (nSPS) is 24.5. The molecule has 3 atom stereocenters. The van der Waals surface area contributed by atoms with Crippen molar-refractivity contribution in [2.75, 3.05) is 13.1 Å². The fraction of sp³-hybridized carbons (Fsp3) is 0.636. The van der Waals surface area contributed by atoms with Crippen molar-refractivity contribution in [2.45, 2.75) is 64.4 Å². The minimum absolute atomic E-state index is 0.0578.